The maximum absolute atomic E-state index is 12.9. The van der Waals surface area contributed by atoms with E-state index in [0.29, 0.717) is 27.7 Å². The summed E-state index contributed by atoms with van der Waals surface area (Å²) in [5.74, 6) is 1.62. The van der Waals surface area contributed by atoms with Crippen LogP contribution in [0.4, 0.5) is 0 Å². The normalized spacial score (nSPS) is 15.3. The summed E-state index contributed by atoms with van der Waals surface area (Å²) in [6.07, 6.45) is 1.94. The molecule has 3 aromatic carbocycles. The largest absolute Gasteiger partial charge is 0.497 e. The molecule has 0 fully saturated rings. The Morgan fingerprint density at radius 1 is 0.933 bits per heavy atom. The molecule has 0 amide bonds. The molecular formula is C25H17ClO4. The lowest BCUT2D eigenvalue weighted by Gasteiger charge is -2.25. The number of methoxy groups -OCH3 is 1. The van der Waals surface area contributed by atoms with Crippen molar-refractivity contribution in [1.29, 1.82) is 0 Å². The zero-order valence-electron chi connectivity index (χ0n) is 16.1. The minimum absolute atomic E-state index is 0.330. The molecule has 1 aliphatic rings. The number of rotatable bonds is 3. The molecule has 0 bridgehead atoms. The molecule has 0 saturated heterocycles. The number of para-hydroxylation sites is 1. The first-order valence-electron chi connectivity index (χ1n) is 9.49. The summed E-state index contributed by atoms with van der Waals surface area (Å²) in [5, 5.41) is 1.39. The lowest BCUT2D eigenvalue weighted by Crippen LogP contribution is -2.19. The molecule has 4 nitrogen and oxygen atoms in total. The smallest absolute Gasteiger partial charge is 0.344 e. The zero-order valence-corrected chi connectivity index (χ0v) is 16.8. The molecule has 0 radical (unpaired) electrons. The van der Waals surface area contributed by atoms with Crippen molar-refractivity contribution in [2.45, 2.75) is 5.92 Å². The van der Waals surface area contributed by atoms with Crippen molar-refractivity contribution in [3.63, 3.8) is 0 Å². The SMILES string of the molecule is COc1ccc(C2=CC(c3ccc(Cl)cc3)c3c(c4ccccc4oc3=O)O2)cc1. The van der Waals surface area contributed by atoms with E-state index < -0.39 is 5.63 Å². The van der Waals surface area contributed by atoms with Gasteiger partial charge in [-0.15, -0.1) is 0 Å². The standard InChI is InChI=1S/C25H17ClO4/c1-28-18-12-8-16(9-13-18)22-14-20(15-6-10-17(26)11-7-15)23-24(29-22)19-4-2-3-5-21(19)30-25(23)27/h2-14,20H,1H3. The number of hydrogen-bond donors (Lipinski definition) is 0. The van der Waals surface area contributed by atoms with E-state index in [2.05, 4.69) is 0 Å². The fraction of sp³-hybridized carbons (Fsp3) is 0.0800. The fourth-order valence-corrected chi connectivity index (χ4v) is 3.86. The van der Waals surface area contributed by atoms with Gasteiger partial charge < -0.3 is 13.9 Å². The summed E-state index contributed by atoms with van der Waals surface area (Å²) in [5.41, 5.74) is 2.38. The summed E-state index contributed by atoms with van der Waals surface area (Å²) < 4.78 is 17.2. The molecule has 30 heavy (non-hydrogen) atoms. The van der Waals surface area contributed by atoms with Crippen molar-refractivity contribution in [3.05, 3.63) is 111 Å². The van der Waals surface area contributed by atoms with Gasteiger partial charge >= 0.3 is 5.63 Å². The van der Waals surface area contributed by atoms with Gasteiger partial charge in [0, 0.05) is 16.5 Å². The van der Waals surface area contributed by atoms with Gasteiger partial charge in [-0.25, -0.2) is 4.79 Å². The topological polar surface area (TPSA) is 48.7 Å². The molecule has 0 aliphatic carbocycles. The van der Waals surface area contributed by atoms with Crippen LogP contribution >= 0.6 is 11.6 Å². The third kappa shape index (κ3) is 3.15. The molecule has 1 atom stereocenters. The lowest BCUT2D eigenvalue weighted by atomic mass is 9.88. The van der Waals surface area contributed by atoms with Gasteiger partial charge in [-0.3, -0.25) is 0 Å². The summed E-state index contributed by atoms with van der Waals surface area (Å²) in [7, 11) is 1.63. The highest BCUT2D eigenvalue weighted by molar-refractivity contribution is 6.30. The average molecular weight is 417 g/mol. The highest BCUT2D eigenvalue weighted by Gasteiger charge is 2.30. The molecule has 1 aliphatic heterocycles. The van der Waals surface area contributed by atoms with E-state index in [-0.39, 0.29) is 5.92 Å². The highest BCUT2D eigenvalue weighted by atomic mass is 35.5. The van der Waals surface area contributed by atoms with Gasteiger partial charge in [-0.2, -0.15) is 0 Å². The third-order valence-corrected chi connectivity index (χ3v) is 5.50. The van der Waals surface area contributed by atoms with Crippen LogP contribution in [0, 0.1) is 0 Å². The molecule has 5 heteroatoms. The molecule has 1 unspecified atom stereocenters. The number of fused-ring (bicyclic) bond motifs is 3. The highest BCUT2D eigenvalue weighted by Crippen LogP contribution is 2.43. The summed E-state index contributed by atoms with van der Waals surface area (Å²) >= 11 is 6.08. The van der Waals surface area contributed by atoms with Crippen LogP contribution < -0.4 is 15.1 Å². The van der Waals surface area contributed by atoms with Crippen LogP contribution in [0.3, 0.4) is 0 Å². The van der Waals surface area contributed by atoms with Crippen molar-refractivity contribution in [2.24, 2.45) is 0 Å². The summed E-state index contributed by atoms with van der Waals surface area (Å²) in [4.78, 5) is 12.9. The number of allylic oxidation sites excluding steroid dienone is 1. The van der Waals surface area contributed by atoms with Crippen molar-refractivity contribution in [3.8, 4) is 11.5 Å². The number of hydrogen-bond acceptors (Lipinski definition) is 4. The zero-order chi connectivity index (χ0) is 20.7. The van der Waals surface area contributed by atoms with E-state index in [4.69, 9.17) is 25.5 Å². The fourth-order valence-electron chi connectivity index (χ4n) is 3.74. The van der Waals surface area contributed by atoms with Crippen LogP contribution in [-0.2, 0) is 0 Å². The second kappa shape index (κ2) is 7.39. The van der Waals surface area contributed by atoms with E-state index >= 15 is 0 Å². The Morgan fingerprint density at radius 3 is 2.40 bits per heavy atom. The van der Waals surface area contributed by atoms with Gasteiger partial charge in [0.15, 0.2) is 0 Å². The first kappa shape index (κ1) is 18.5. The molecule has 0 N–H and O–H groups in total. The Labute approximate surface area is 177 Å². The molecule has 148 valence electrons. The van der Waals surface area contributed by atoms with Gasteiger partial charge in [0.25, 0.3) is 0 Å². The summed E-state index contributed by atoms with van der Waals surface area (Å²) in [6.45, 7) is 0. The maximum Gasteiger partial charge on any atom is 0.344 e. The van der Waals surface area contributed by atoms with Crippen molar-refractivity contribution in [1.82, 2.24) is 0 Å². The van der Waals surface area contributed by atoms with Crippen LogP contribution in [0.2, 0.25) is 5.02 Å². The predicted molar refractivity (Wildman–Crippen MR) is 117 cm³/mol. The molecule has 0 saturated carbocycles. The Kier molecular flexibility index (Phi) is 4.57. The van der Waals surface area contributed by atoms with Crippen molar-refractivity contribution < 1.29 is 13.9 Å². The maximum atomic E-state index is 12.9. The predicted octanol–water partition coefficient (Wildman–Crippen LogP) is 6.02. The van der Waals surface area contributed by atoms with Gasteiger partial charge in [0.05, 0.1) is 18.1 Å². The quantitative estimate of drug-likeness (QED) is 0.383. The average Bonchev–Trinajstić information content (AvgIpc) is 2.79. The van der Waals surface area contributed by atoms with E-state index in [1.54, 1.807) is 13.2 Å². The number of benzene rings is 3. The Hall–Kier alpha value is -3.50. The Bertz CT molecular complexity index is 1320. The molecule has 2 heterocycles. The third-order valence-electron chi connectivity index (χ3n) is 5.24. The minimum atomic E-state index is -0.409. The van der Waals surface area contributed by atoms with Crippen LogP contribution in [0.1, 0.15) is 22.6 Å². The molecular weight excluding hydrogens is 400 g/mol. The lowest BCUT2D eigenvalue weighted by molar-refractivity contribution is 0.414. The van der Waals surface area contributed by atoms with Gasteiger partial charge in [0.1, 0.15) is 22.8 Å². The second-order valence-corrected chi connectivity index (χ2v) is 7.46. The first-order chi connectivity index (χ1) is 14.6. The minimum Gasteiger partial charge on any atom is -0.497 e. The van der Waals surface area contributed by atoms with E-state index in [0.717, 1.165) is 22.3 Å². The number of halogens is 1. The molecule has 0 spiro atoms. The molecule has 5 rings (SSSR count). The van der Waals surface area contributed by atoms with Crippen molar-refractivity contribution in [2.75, 3.05) is 7.11 Å². The first-order valence-corrected chi connectivity index (χ1v) is 9.87. The molecule has 4 aromatic rings. The van der Waals surface area contributed by atoms with Gasteiger partial charge in [-0.1, -0.05) is 35.9 Å². The van der Waals surface area contributed by atoms with Crippen molar-refractivity contribution >= 4 is 28.3 Å². The second-order valence-electron chi connectivity index (χ2n) is 7.02. The van der Waals surface area contributed by atoms with Crippen LogP contribution in [-0.4, -0.2) is 7.11 Å². The molecule has 1 aromatic heterocycles. The van der Waals surface area contributed by atoms with Gasteiger partial charge in [-0.05, 0) is 60.2 Å². The number of ether oxygens (including phenoxy) is 2. The monoisotopic (exact) mass is 416 g/mol. The van der Waals surface area contributed by atoms with Crippen LogP contribution in [0.5, 0.6) is 11.5 Å². The van der Waals surface area contributed by atoms with Crippen LogP contribution in [0.25, 0.3) is 16.7 Å². The van der Waals surface area contributed by atoms with E-state index in [9.17, 15) is 4.79 Å². The Balaban J connectivity index is 1.74. The Morgan fingerprint density at radius 2 is 1.67 bits per heavy atom. The van der Waals surface area contributed by atoms with E-state index in [1.807, 2.05) is 72.8 Å². The summed E-state index contributed by atoms with van der Waals surface area (Å²) in [6, 6.07) is 22.5. The van der Waals surface area contributed by atoms with Crippen LogP contribution in [0.15, 0.2) is 88.1 Å². The van der Waals surface area contributed by atoms with Gasteiger partial charge in [0.2, 0.25) is 0 Å². The van der Waals surface area contributed by atoms with E-state index in [1.165, 1.54) is 0 Å².